The smallest absolute Gasteiger partial charge is 0.164 e. The molecule has 10 aromatic rings. The molecule has 0 fully saturated rings. The minimum atomic E-state index is 0.643. The van der Waals surface area contributed by atoms with E-state index >= 15 is 0 Å². The molecule has 0 saturated heterocycles. The number of fused-ring (bicyclic) bond motifs is 4. The molecule has 1 aromatic heterocycles. The van der Waals surface area contributed by atoms with Crippen molar-refractivity contribution in [1.29, 1.82) is 0 Å². The van der Waals surface area contributed by atoms with E-state index in [1.165, 1.54) is 49.0 Å². The van der Waals surface area contributed by atoms with E-state index in [9.17, 15) is 0 Å². The van der Waals surface area contributed by atoms with E-state index in [1.54, 1.807) is 0 Å². The van der Waals surface area contributed by atoms with Gasteiger partial charge in [-0.05, 0) is 83.5 Å². The Balaban J connectivity index is 1.08. The Bertz CT molecular complexity index is 2950. The fourth-order valence-corrected chi connectivity index (χ4v) is 7.40. The van der Waals surface area contributed by atoms with Crippen LogP contribution in [0.5, 0.6) is 0 Å². The summed E-state index contributed by atoms with van der Waals surface area (Å²) in [6.07, 6.45) is 0. The van der Waals surface area contributed by atoms with Crippen molar-refractivity contribution in [2.24, 2.45) is 0 Å². The molecule has 1 heterocycles. The number of benzene rings is 9. The first kappa shape index (κ1) is 29.9. The van der Waals surface area contributed by atoms with Crippen LogP contribution in [0.15, 0.2) is 188 Å². The molecule has 3 heteroatoms. The van der Waals surface area contributed by atoms with E-state index in [1.807, 2.05) is 0 Å². The lowest BCUT2D eigenvalue weighted by Gasteiger charge is -2.11. The molecule has 9 aromatic carbocycles. The van der Waals surface area contributed by atoms with Crippen molar-refractivity contribution in [3.63, 3.8) is 0 Å². The van der Waals surface area contributed by atoms with Gasteiger partial charge in [-0.1, -0.05) is 170 Å². The van der Waals surface area contributed by atoms with Crippen molar-refractivity contribution in [1.82, 2.24) is 15.0 Å². The summed E-state index contributed by atoms with van der Waals surface area (Å²) in [6.45, 7) is 0. The zero-order valence-electron chi connectivity index (χ0n) is 28.2. The Kier molecular flexibility index (Phi) is 7.14. The van der Waals surface area contributed by atoms with Gasteiger partial charge < -0.3 is 0 Å². The van der Waals surface area contributed by atoms with Gasteiger partial charge >= 0.3 is 0 Å². The van der Waals surface area contributed by atoms with Crippen LogP contribution in [0.3, 0.4) is 0 Å². The van der Waals surface area contributed by atoms with Crippen molar-refractivity contribution in [2.45, 2.75) is 0 Å². The Morgan fingerprint density at radius 1 is 0.231 bits per heavy atom. The summed E-state index contributed by atoms with van der Waals surface area (Å²) in [5, 5.41) is 9.59. The van der Waals surface area contributed by atoms with Gasteiger partial charge in [0.2, 0.25) is 0 Å². The summed E-state index contributed by atoms with van der Waals surface area (Å²) in [5.41, 5.74) is 7.64. The maximum Gasteiger partial charge on any atom is 0.164 e. The highest BCUT2D eigenvalue weighted by Gasteiger charge is 2.15. The second-order valence-corrected chi connectivity index (χ2v) is 13.3. The zero-order chi connectivity index (χ0) is 34.4. The van der Waals surface area contributed by atoms with E-state index in [-0.39, 0.29) is 0 Å². The molecule has 0 radical (unpaired) electrons. The van der Waals surface area contributed by atoms with E-state index in [2.05, 4.69) is 188 Å². The van der Waals surface area contributed by atoms with Crippen LogP contribution in [0, 0.1) is 0 Å². The second-order valence-electron chi connectivity index (χ2n) is 13.3. The van der Waals surface area contributed by atoms with Crippen LogP contribution >= 0.6 is 0 Å². The lowest BCUT2D eigenvalue weighted by molar-refractivity contribution is 1.08. The zero-order valence-corrected chi connectivity index (χ0v) is 28.2. The number of aromatic nitrogens is 3. The minimum absolute atomic E-state index is 0.643. The summed E-state index contributed by atoms with van der Waals surface area (Å²) >= 11 is 0. The van der Waals surface area contributed by atoms with E-state index in [0.717, 1.165) is 33.0 Å². The highest BCUT2D eigenvalue weighted by Crippen LogP contribution is 2.34. The predicted molar refractivity (Wildman–Crippen MR) is 217 cm³/mol. The summed E-state index contributed by atoms with van der Waals surface area (Å²) in [7, 11) is 0. The van der Waals surface area contributed by atoms with Crippen LogP contribution < -0.4 is 0 Å². The SMILES string of the molecule is c1ccc2cc(-c3nc(-c4ccc(-c5cccc6ccccc56)cc4)nc(-c4ccc5cc(-c6cccc7ccccc67)ccc5c4)n3)ccc2c1. The van der Waals surface area contributed by atoms with Gasteiger partial charge in [-0.3, -0.25) is 0 Å². The van der Waals surface area contributed by atoms with Gasteiger partial charge in [0.25, 0.3) is 0 Å². The van der Waals surface area contributed by atoms with Crippen molar-refractivity contribution in [3.8, 4) is 56.4 Å². The fraction of sp³-hybridized carbons (Fsp3) is 0. The first-order valence-electron chi connectivity index (χ1n) is 17.6. The second kappa shape index (κ2) is 12.4. The maximum atomic E-state index is 5.10. The van der Waals surface area contributed by atoms with Crippen LogP contribution in [0.2, 0.25) is 0 Å². The molecule has 0 aliphatic heterocycles. The van der Waals surface area contributed by atoms with Gasteiger partial charge in [0.15, 0.2) is 17.5 Å². The molecule has 242 valence electrons. The third-order valence-corrected chi connectivity index (χ3v) is 10.1. The minimum Gasteiger partial charge on any atom is -0.208 e. The maximum absolute atomic E-state index is 5.10. The number of hydrogen-bond acceptors (Lipinski definition) is 3. The quantitative estimate of drug-likeness (QED) is 0.184. The average Bonchev–Trinajstić information content (AvgIpc) is 3.22. The van der Waals surface area contributed by atoms with E-state index in [0.29, 0.717) is 17.5 Å². The topological polar surface area (TPSA) is 38.7 Å². The Hall–Kier alpha value is -6.97. The molecular weight excluding hydrogens is 631 g/mol. The molecule has 0 saturated carbocycles. The summed E-state index contributed by atoms with van der Waals surface area (Å²) < 4.78 is 0. The Labute approximate surface area is 301 Å². The van der Waals surface area contributed by atoms with Crippen molar-refractivity contribution in [2.75, 3.05) is 0 Å². The van der Waals surface area contributed by atoms with Crippen molar-refractivity contribution >= 4 is 43.1 Å². The third-order valence-electron chi connectivity index (χ3n) is 10.1. The molecule has 3 nitrogen and oxygen atoms in total. The largest absolute Gasteiger partial charge is 0.208 e. The van der Waals surface area contributed by atoms with Crippen LogP contribution in [0.1, 0.15) is 0 Å². The molecule has 0 spiro atoms. The number of rotatable bonds is 5. The standard InChI is InChI=1S/C49H31N3/c1-2-12-37-30-41(27-19-32(37)9-1)48-50-47(36-22-20-35(21-23-36)45-17-7-13-33-10-3-5-15-43(33)45)51-49(52-48)42-28-25-38-29-40(26-24-39(38)31-42)46-18-8-14-34-11-4-6-16-44(34)46/h1-31H. The number of nitrogens with zero attached hydrogens (tertiary/aromatic N) is 3. The highest BCUT2D eigenvalue weighted by molar-refractivity contribution is 6.00. The van der Waals surface area contributed by atoms with Crippen LogP contribution in [0.25, 0.3) is 99.5 Å². The normalized spacial score (nSPS) is 11.5. The predicted octanol–water partition coefficient (Wildman–Crippen LogP) is 12.8. The lowest BCUT2D eigenvalue weighted by Crippen LogP contribution is -2.00. The molecule has 0 aliphatic rings. The molecule has 0 unspecified atom stereocenters. The summed E-state index contributed by atoms with van der Waals surface area (Å²) in [5.74, 6) is 1.94. The van der Waals surface area contributed by atoms with Crippen molar-refractivity contribution < 1.29 is 0 Å². The molecule has 52 heavy (non-hydrogen) atoms. The monoisotopic (exact) mass is 661 g/mol. The Morgan fingerprint density at radius 2 is 0.596 bits per heavy atom. The van der Waals surface area contributed by atoms with E-state index in [4.69, 9.17) is 15.0 Å². The van der Waals surface area contributed by atoms with Crippen LogP contribution in [-0.2, 0) is 0 Å². The summed E-state index contributed by atoms with van der Waals surface area (Å²) in [6, 6.07) is 66.6. The molecule has 10 rings (SSSR count). The molecule has 0 amide bonds. The molecular formula is C49H31N3. The Morgan fingerprint density at radius 3 is 1.19 bits per heavy atom. The van der Waals surface area contributed by atoms with Gasteiger partial charge in [0.1, 0.15) is 0 Å². The number of hydrogen-bond donors (Lipinski definition) is 0. The molecule has 0 atom stereocenters. The van der Waals surface area contributed by atoms with E-state index < -0.39 is 0 Å². The molecule has 0 bridgehead atoms. The summed E-state index contributed by atoms with van der Waals surface area (Å²) in [4.78, 5) is 15.3. The van der Waals surface area contributed by atoms with Gasteiger partial charge in [0, 0.05) is 16.7 Å². The lowest BCUT2D eigenvalue weighted by atomic mass is 9.95. The third kappa shape index (κ3) is 5.37. The van der Waals surface area contributed by atoms with Crippen LogP contribution in [0.4, 0.5) is 0 Å². The van der Waals surface area contributed by atoms with Crippen molar-refractivity contribution in [3.05, 3.63) is 188 Å². The van der Waals surface area contributed by atoms with Gasteiger partial charge in [0.05, 0.1) is 0 Å². The average molecular weight is 662 g/mol. The molecule has 0 N–H and O–H groups in total. The van der Waals surface area contributed by atoms with Crippen LogP contribution in [-0.4, -0.2) is 15.0 Å². The first-order chi connectivity index (χ1) is 25.7. The highest BCUT2D eigenvalue weighted by atomic mass is 15.0. The fourth-order valence-electron chi connectivity index (χ4n) is 7.40. The van der Waals surface area contributed by atoms with Gasteiger partial charge in [-0.2, -0.15) is 0 Å². The van der Waals surface area contributed by atoms with Gasteiger partial charge in [-0.25, -0.2) is 15.0 Å². The van der Waals surface area contributed by atoms with Gasteiger partial charge in [-0.15, -0.1) is 0 Å². The first-order valence-corrected chi connectivity index (χ1v) is 17.6. The molecule has 0 aliphatic carbocycles.